The largest absolute Gasteiger partial charge is 0.336 e. The fraction of sp³-hybridized carbons (Fsp3) is 0.421. The summed E-state index contributed by atoms with van der Waals surface area (Å²) in [5.74, 6) is 0.195. The van der Waals surface area contributed by atoms with Crippen LogP contribution < -0.4 is 0 Å². The second kappa shape index (κ2) is 7.28. The number of benzene rings is 1. The van der Waals surface area contributed by atoms with Crippen LogP contribution in [0.2, 0.25) is 0 Å². The number of carbonyl (C=O) groups excluding carboxylic acids is 1. The number of likely N-dealkylation sites (N-methyl/N-ethyl adjacent to an activating group) is 1. The number of thiophene rings is 1. The van der Waals surface area contributed by atoms with Crippen molar-refractivity contribution in [1.29, 1.82) is 0 Å². The Morgan fingerprint density at radius 1 is 1.26 bits per heavy atom. The van der Waals surface area contributed by atoms with Gasteiger partial charge in [0.25, 0.3) is 5.91 Å². The number of piperidine rings is 1. The molecule has 1 aromatic carbocycles. The van der Waals surface area contributed by atoms with Crippen LogP contribution in [0.3, 0.4) is 0 Å². The predicted octanol–water partition coefficient (Wildman–Crippen LogP) is 3.79. The van der Waals surface area contributed by atoms with Crippen molar-refractivity contribution >= 4 is 17.2 Å². The zero-order valence-electron chi connectivity index (χ0n) is 13.9. The van der Waals surface area contributed by atoms with Crippen molar-refractivity contribution in [2.45, 2.75) is 32.4 Å². The highest BCUT2D eigenvalue weighted by Crippen LogP contribution is 2.22. The number of nitrogens with zero attached hydrogens (tertiary/aromatic N) is 2. The van der Waals surface area contributed by atoms with E-state index in [0.717, 1.165) is 37.4 Å². The van der Waals surface area contributed by atoms with Gasteiger partial charge in [0.1, 0.15) is 0 Å². The molecule has 0 unspecified atom stereocenters. The highest BCUT2D eigenvalue weighted by molar-refractivity contribution is 7.13. The van der Waals surface area contributed by atoms with Gasteiger partial charge in [-0.1, -0.05) is 30.3 Å². The molecular weight excluding hydrogens is 304 g/mol. The summed E-state index contributed by atoms with van der Waals surface area (Å²) in [5.41, 5.74) is 1.33. The molecule has 0 bridgehead atoms. The van der Waals surface area contributed by atoms with Crippen LogP contribution in [0.15, 0.2) is 42.5 Å². The van der Waals surface area contributed by atoms with Crippen LogP contribution in [-0.2, 0) is 6.54 Å². The van der Waals surface area contributed by atoms with Crippen LogP contribution in [-0.4, -0.2) is 41.9 Å². The molecule has 1 amide bonds. The lowest BCUT2D eigenvalue weighted by Crippen LogP contribution is -2.48. The van der Waals surface area contributed by atoms with E-state index >= 15 is 0 Å². The third kappa shape index (κ3) is 4.01. The summed E-state index contributed by atoms with van der Waals surface area (Å²) >= 11 is 1.60. The van der Waals surface area contributed by atoms with E-state index in [9.17, 15) is 4.79 Å². The van der Waals surface area contributed by atoms with E-state index in [4.69, 9.17) is 0 Å². The number of amides is 1. The first-order valence-electron chi connectivity index (χ1n) is 8.23. The van der Waals surface area contributed by atoms with Gasteiger partial charge in [0.2, 0.25) is 0 Å². The van der Waals surface area contributed by atoms with Gasteiger partial charge in [0, 0.05) is 30.6 Å². The Morgan fingerprint density at radius 3 is 2.74 bits per heavy atom. The third-order valence-corrected chi connectivity index (χ3v) is 5.52. The summed E-state index contributed by atoms with van der Waals surface area (Å²) in [6.45, 7) is 4.70. The molecule has 1 saturated heterocycles. The molecule has 0 radical (unpaired) electrons. The van der Waals surface area contributed by atoms with Crippen molar-refractivity contribution in [2.24, 2.45) is 0 Å². The van der Waals surface area contributed by atoms with Crippen molar-refractivity contribution in [3.05, 3.63) is 57.8 Å². The number of likely N-dealkylation sites (tertiary alicyclic amines) is 1. The molecule has 1 aliphatic rings. The number of rotatable bonds is 4. The highest BCUT2D eigenvalue weighted by Gasteiger charge is 2.27. The van der Waals surface area contributed by atoms with Crippen LogP contribution in [0.1, 0.15) is 33.0 Å². The molecule has 1 aromatic heterocycles. The van der Waals surface area contributed by atoms with Gasteiger partial charge >= 0.3 is 0 Å². The Kier molecular flexibility index (Phi) is 5.13. The van der Waals surface area contributed by atoms with Crippen LogP contribution in [0.25, 0.3) is 0 Å². The summed E-state index contributed by atoms with van der Waals surface area (Å²) in [6, 6.07) is 15.0. The number of carbonyl (C=O) groups is 1. The molecule has 1 atom stereocenters. The number of hydrogen-bond donors (Lipinski definition) is 0. The lowest BCUT2D eigenvalue weighted by Gasteiger charge is -2.37. The highest BCUT2D eigenvalue weighted by atomic mass is 32.1. The SMILES string of the molecule is Cc1ccc(C(=O)N2CCC[C@@H](N(C)Cc3ccccc3)C2)s1. The van der Waals surface area contributed by atoms with Crippen LogP contribution in [0, 0.1) is 6.92 Å². The van der Waals surface area contributed by atoms with E-state index < -0.39 is 0 Å². The first-order chi connectivity index (χ1) is 11.1. The van der Waals surface area contributed by atoms with Crippen molar-refractivity contribution < 1.29 is 4.79 Å². The maximum absolute atomic E-state index is 12.7. The van der Waals surface area contributed by atoms with Gasteiger partial charge in [0.15, 0.2) is 0 Å². The molecule has 1 fully saturated rings. The van der Waals surface area contributed by atoms with Crippen molar-refractivity contribution in [2.75, 3.05) is 20.1 Å². The molecule has 4 heteroatoms. The van der Waals surface area contributed by atoms with Crippen molar-refractivity contribution in [3.63, 3.8) is 0 Å². The van der Waals surface area contributed by atoms with Crippen LogP contribution in [0.4, 0.5) is 0 Å². The van der Waals surface area contributed by atoms with Gasteiger partial charge in [-0.2, -0.15) is 0 Å². The van der Waals surface area contributed by atoms with E-state index in [0.29, 0.717) is 6.04 Å². The summed E-state index contributed by atoms with van der Waals surface area (Å²) < 4.78 is 0. The maximum atomic E-state index is 12.7. The topological polar surface area (TPSA) is 23.6 Å². The zero-order chi connectivity index (χ0) is 16.2. The first kappa shape index (κ1) is 16.2. The molecule has 2 aromatic rings. The molecule has 122 valence electrons. The molecule has 1 aliphatic heterocycles. The first-order valence-corrected chi connectivity index (χ1v) is 9.05. The quantitative estimate of drug-likeness (QED) is 0.852. The second-order valence-electron chi connectivity index (χ2n) is 6.36. The monoisotopic (exact) mass is 328 g/mol. The van der Waals surface area contributed by atoms with Gasteiger partial charge in [0.05, 0.1) is 4.88 Å². The van der Waals surface area contributed by atoms with E-state index in [2.05, 4.69) is 36.2 Å². The van der Waals surface area contributed by atoms with Gasteiger partial charge in [-0.25, -0.2) is 0 Å². The smallest absolute Gasteiger partial charge is 0.263 e. The molecule has 0 saturated carbocycles. The summed E-state index contributed by atoms with van der Waals surface area (Å²) in [4.78, 5) is 19.1. The van der Waals surface area contributed by atoms with Gasteiger partial charge in [-0.05, 0) is 44.5 Å². The van der Waals surface area contributed by atoms with E-state index in [1.807, 2.05) is 30.0 Å². The van der Waals surface area contributed by atoms with Gasteiger partial charge in [-0.3, -0.25) is 9.69 Å². The predicted molar refractivity (Wildman–Crippen MR) is 95.9 cm³/mol. The minimum absolute atomic E-state index is 0.195. The maximum Gasteiger partial charge on any atom is 0.263 e. The Hall–Kier alpha value is -1.65. The lowest BCUT2D eigenvalue weighted by molar-refractivity contribution is 0.0607. The summed E-state index contributed by atoms with van der Waals surface area (Å²) in [7, 11) is 2.17. The zero-order valence-corrected chi connectivity index (χ0v) is 14.7. The minimum Gasteiger partial charge on any atom is -0.336 e. The third-order valence-electron chi connectivity index (χ3n) is 4.53. The fourth-order valence-electron chi connectivity index (χ4n) is 3.20. The van der Waals surface area contributed by atoms with Crippen molar-refractivity contribution in [1.82, 2.24) is 9.80 Å². The normalized spacial score (nSPS) is 18.4. The molecule has 3 rings (SSSR count). The molecule has 0 aliphatic carbocycles. The Morgan fingerprint density at radius 2 is 2.04 bits per heavy atom. The Balaban J connectivity index is 1.62. The van der Waals surface area contributed by atoms with Crippen LogP contribution >= 0.6 is 11.3 Å². The molecule has 0 N–H and O–H groups in total. The number of aryl methyl sites for hydroxylation is 1. The average Bonchev–Trinajstić information content (AvgIpc) is 3.01. The fourth-order valence-corrected chi connectivity index (χ4v) is 4.04. The van der Waals surface area contributed by atoms with Crippen LogP contribution in [0.5, 0.6) is 0 Å². The molecule has 2 heterocycles. The second-order valence-corrected chi connectivity index (χ2v) is 7.65. The summed E-state index contributed by atoms with van der Waals surface area (Å²) in [5, 5.41) is 0. The van der Waals surface area contributed by atoms with Gasteiger partial charge < -0.3 is 4.90 Å². The Labute approximate surface area is 142 Å². The molecule has 23 heavy (non-hydrogen) atoms. The van der Waals surface area contributed by atoms with E-state index in [1.54, 1.807) is 11.3 Å². The van der Waals surface area contributed by atoms with Crippen molar-refractivity contribution in [3.8, 4) is 0 Å². The Bertz CT molecular complexity index is 652. The molecule has 3 nitrogen and oxygen atoms in total. The average molecular weight is 328 g/mol. The minimum atomic E-state index is 0.195. The standard InChI is InChI=1S/C19H24N2OS/c1-15-10-11-18(23-15)19(22)21-12-6-9-17(14-21)20(2)13-16-7-4-3-5-8-16/h3-5,7-8,10-11,17H,6,9,12-14H2,1-2H3/t17-/m1/s1. The van der Waals surface area contributed by atoms with E-state index in [1.165, 1.54) is 10.4 Å². The lowest BCUT2D eigenvalue weighted by atomic mass is 10.0. The van der Waals surface area contributed by atoms with E-state index in [-0.39, 0.29) is 5.91 Å². The number of hydrogen-bond acceptors (Lipinski definition) is 3. The summed E-state index contributed by atoms with van der Waals surface area (Å²) in [6.07, 6.45) is 2.25. The molecule has 0 spiro atoms. The molecular formula is C19H24N2OS. The van der Waals surface area contributed by atoms with Gasteiger partial charge in [-0.15, -0.1) is 11.3 Å².